The first-order valence-corrected chi connectivity index (χ1v) is 9.26. The average Bonchev–Trinajstić information content (AvgIpc) is 3.45. The molecule has 2 aliphatic rings. The van der Waals surface area contributed by atoms with E-state index in [0.717, 1.165) is 25.2 Å². The van der Waals surface area contributed by atoms with Crippen LogP contribution in [0.5, 0.6) is 0 Å². The van der Waals surface area contributed by atoms with Crippen LogP contribution in [-0.2, 0) is 10.2 Å². The van der Waals surface area contributed by atoms with Gasteiger partial charge in [-0.15, -0.1) is 0 Å². The molecule has 6 nitrogen and oxygen atoms in total. The van der Waals surface area contributed by atoms with E-state index in [1.165, 1.54) is 4.90 Å². The Kier molecular flexibility index (Phi) is 5.40. The van der Waals surface area contributed by atoms with Crippen LogP contribution < -0.4 is 5.32 Å². The molecular weight excluding hydrogens is 366 g/mol. The standard InChI is InChI=1S/C18H16F2N4O2.C2H6.H2/c1-10-2-3-12-14(15(10)20)18(4-5-18)9-24(16(12)26)8-13(25)23-17-21-6-11(19)7-22-17;1-2;/h2-3,6-7H,4-5,8-9H2,1H3,(H,21,22,23,25);1-2H3;1H. The van der Waals surface area contributed by atoms with Gasteiger partial charge in [-0.05, 0) is 31.4 Å². The van der Waals surface area contributed by atoms with Crippen LogP contribution in [0.25, 0.3) is 0 Å². The molecule has 8 heteroatoms. The van der Waals surface area contributed by atoms with Crippen molar-refractivity contribution >= 4 is 17.8 Å². The lowest BCUT2D eigenvalue weighted by Crippen LogP contribution is -2.47. The van der Waals surface area contributed by atoms with E-state index in [2.05, 4.69) is 15.3 Å². The predicted octanol–water partition coefficient (Wildman–Crippen LogP) is 3.46. The van der Waals surface area contributed by atoms with Crippen molar-refractivity contribution in [1.82, 2.24) is 14.9 Å². The molecule has 0 saturated heterocycles. The maximum absolute atomic E-state index is 14.6. The number of aryl methyl sites for hydroxylation is 1. The monoisotopic (exact) mass is 390 g/mol. The van der Waals surface area contributed by atoms with E-state index < -0.39 is 17.1 Å². The summed E-state index contributed by atoms with van der Waals surface area (Å²) in [7, 11) is 0. The Labute approximate surface area is 163 Å². The molecule has 4 rings (SSSR count). The summed E-state index contributed by atoms with van der Waals surface area (Å²) in [5.74, 6) is -1.83. The number of nitrogens with zero attached hydrogens (tertiary/aromatic N) is 3. The molecule has 2 aromatic rings. The Morgan fingerprint density at radius 1 is 1.25 bits per heavy atom. The Hall–Kier alpha value is -2.90. The minimum absolute atomic E-state index is 0. The minimum Gasteiger partial charge on any atom is -0.328 e. The van der Waals surface area contributed by atoms with E-state index >= 15 is 0 Å². The van der Waals surface area contributed by atoms with Crippen molar-refractivity contribution in [2.45, 2.75) is 39.0 Å². The molecule has 1 N–H and O–H groups in total. The summed E-state index contributed by atoms with van der Waals surface area (Å²) in [4.78, 5) is 33.7. The number of fused-ring (bicyclic) bond motifs is 2. The lowest BCUT2D eigenvalue weighted by molar-refractivity contribution is -0.117. The zero-order chi connectivity index (χ0) is 20.5. The van der Waals surface area contributed by atoms with Gasteiger partial charge < -0.3 is 4.90 Å². The number of aromatic nitrogens is 2. The highest BCUT2D eigenvalue weighted by molar-refractivity contribution is 6.01. The summed E-state index contributed by atoms with van der Waals surface area (Å²) in [6.07, 6.45) is 3.45. The SMILES string of the molecule is CC.Cc1ccc2c(c1F)C1(CC1)CN(CC(=O)Nc1ncc(F)cn1)C2=O.[HH]. The molecule has 1 aliphatic heterocycles. The van der Waals surface area contributed by atoms with Crippen molar-refractivity contribution < 1.29 is 19.8 Å². The van der Waals surface area contributed by atoms with Gasteiger partial charge in [-0.1, -0.05) is 19.9 Å². The molecule has 2 heterocycles. The van der Waals surface area contributed by atoms with Crippen molar-refractivity contribution in [2.75, 3.05) is 18.4 Å². The minimum atomic E-state index is -0.612. The summed E-state index contributed by atoms with van der Waals surface area (Å²) in [6.45, 7) is 5.78. The number of hydrogen-bond acceptors (Lipinski definition) is 4. The van der Waals surface area contributed by atoms with Gasteiger partial charge in [-0.25, -0.2) is 18.7 Å². The van der Waals surface area contributed by atoms with Gasteiger partial charge in [-0.2, -0.15) is 0 Å². The third-order valence-corrected chi connectivity index (χ3v) is 4.94. The van der Waals surface area contributed by atoms with Crippen molar-refractivity contribution in [3.8, 4) is 0 Å². The number of halogens is 2. The first-order chi connectivity index (χ1) is 13.4. The van der Waals surface area contributed by atoms with Crippen LogP contribution in [0.15, 0.2) is 24.5 Å². The molecule has 2 amide bonds. The van der Waals surface area contributed by atoms with Crippen LogP contribution in [0.1, 0.15) is 49.6 Å². The second-order valence-corrected chi connectivity index (χ2v) is 6.83. The van der Waals surface area contributed by atoms with E-state index in [0.29, 0.717) is 23.2 Å². The van der Waals surface area contributed by atoms with Crippen LogP contribution in [0, 0.1) is 18.6 Å². The van der Waals surface area contributed by atoms with E-state index in [4.69, 9.17) is 0 Å². The fourth-order valence-electron chi connectivity index (χ4n) is 3.46. The zero-order valence-corrected chi connectivity index (χ0v) is 16.1. The highest BCUT2D eigenvalue weighted by Gasteiger charge is 2.53. The van der Waals surface area contributed by atoms with E-state index in [9.17, 15) is 18.4 Å². The van der Waals surface area contributed by atoms with Gasteiger partial charge in [0.2, 0.25) is 11.9 Å². The van der Waals surface area contributed by atoms with Gasteiger partial charge in [-0.3, -0.25) is 14.9 Å². The lowest BCUT2D eigenvalue weighted by atomic mass is 9.85. The molecule has 28 heavy (non-hydrogen) atoms. The second-order valence-electron chi connectivity index (χ2n) is 6.83. The molecule has 0 radical (unpaired) electrons. The highest BCUT2D eigenvalue weighted by Crippen LogP contribution is 2.53. The smallest absolute Gasteiger partial charge is 0.254 e. The van der Waals surface area contributed by atoms with Crippen LogP contribution >= 0.6 is 0 Å². The Balaban J connectivity index is 0.000000970. The van der Waals surface area contributed by atoms with Gasteiger partial charge in [0.25, 0.3) is 5.91 Å². The normalized spacial score (nSPS) is 16.2. The fraction of sp³-hybridized carbons (Fsp3) is 0.400. The molecule has 1 aromatic heterocycles. The highest BCUT2D eigenvalue weighted by atomic mass is 19.1. The number of benzene rings is 1. The number of anilines is 1. The average molecular weight is 390 g/mol. The maximum Gasteiger partial charge on any atom is 0.254 e. The summed E-state index contributed by atoms with van der Waals surface area (Å²) in [5, 5.41) is 2.43. The molecule has 1 aliphatic carbocycles. The topological polar surface area (TPSA) is 75.2 Å². The van der Waals surface area contributed by atoms with E-state index in [1.54, 1.807) is 19.1 Å². The maximum atomic E-state index is 14.6. The molecular formula is C20H24F2N4O2. The number of rotatable bonds is 3. The first kappa shape index (κ1) is 19.9. The molecule has 1 saturated carbocycles. The van der Waals surface area contributed by atoms with E-state index in [-0.39, 0.29) is 25.6 Å². The van der Waals surface area contributed by atoms with Crippen LogP contribution in [-0.4, -0.2) is 39.8 Å². The van der Waals surface area contributed by atoms with Crippen LogP contribution in [0.2, 0.25) is 0 Å². The largest absolute Gasteiger partial charge is 0.328 e. The molecule has 1 spiro atoms. The van der Waals surface area contributed by atoms with Crippen LogP contribution in [0.3, 0.4) is 0 Å². The summed E-state index contributed by atoms with van der Waals surface area (Å²) < 4.78 is 27.4. The first-order valence-electron chi connectivity index (χ1n) is 9.26. The molecule has 0 bridgehead atoms. The van der Waals surface area contributed by atoms with Gasteiger partial charge in [0.15, 0.2) is 5.82 Å². The predicted molar refractivity (Wildman–Crippen MR) is 102 cm³/mol. The molecule has 1 fully saturated rings. The van der Waals surface area contributed by atoms with Crippen molar-refractivity contribution in [2.24, 2.45) is 0 Å². The van der Waals surface area contributed by atoms with Crippen molar-refractivity contribution in [3.05, 3.63) is 52.9 Å². The van der Waals surface area contributed by atoms with Crippen molar-refractivity contribution in [3.63, 3.8) is 0 Å². The molecule has 150 valence electrons. The van der Waals surface area contributed by atoms with E-state index in [1.807, 2.05) is 13.8 Å². The second kappa shape index (κ2) is 7.61. The number of carbonyl (C=O) groups is 2. The summed E-state index contributed by atoms with van der Waals surface area (Å²) >= 11 is 0. The summed E-state index contributed by atoms with van der Waals surface area (Å²) in [5.41, 5.74) is 0.928. The number of nitrogens with one attached hydrogen (secondary N) is 1. The quantitative estimate of drug-likeness (QED) is 0.871. The van der Waals surface area contributed by atoms with Crippen molar-refractivity contribution in [1.29, 1.82) is 0 Å². The fourth-order valence-corrected chi connectivity index (χ4v) is 3.46. The Bertz CT molecular complexity index is 917. The lowest BCUT2D eigenvalue weighted by Gasteiger charge is -2.34. The molecule has 1 aromatic carbocycles. The van der Waals surface area contributed by atoms with Gasteiger partial charge >= 0.3 is 0 Å². The molecule has 0 atom stereocenters. The number of amides is 2. The van der Waals surface area contributed by atoms with Gasteiger partial charge in [0.05, 0.1) is 12.4 Å². The number of carbonyl (C=O) groups excluding carboxylic acids is 2. The summed E-state index contributed by atoms with van der Waals surface area (Å²) in [6, 6.07) is 3.21. The van der Waals surface area contributed by atoms with Gasteiger partial charge in [0, 0.05) is 24.5 Å². The third-order valence-electron chi connectivity index (χ3n) is 4.94. The number of hydrogen-bond donors (Lipinski definition) is 1. The third kappa shape index (κ3) is 3.58. The Morgan fingerprint density at radius 2 is 1.89 bits per heavy atom. The van der Waals surface area contributed by atoms with Crippen LogP contribution in [0.4, 0.5) is 14.7 Å². The Morgan fingerprint density at radius 3 is 2.50 bits per heavy atom. The zero-order valence-electron chi connectivity index (χ0n) is 16.1. The molecule has 0 unspecified atom stereocenters. The van der Waals surface area contributed by atoms with Gasteiger partial charge in [0.1, 0.15) is 12.4 Å².